The molecule has 3 aromatic carbocycles. The third-order valence-electron chi connectivity index (χ3n) is 5.88. The fraction of sp³-hybridized carbons (Fsp3) is 0.222. The number of carbonyl (C=O) groups excluding carboxylic acids is 2. The van der Waals surface area contributed by atoms with Crippen molar-refractivity contribution >= 4 is 46.2 Å². The van der Waals surface area contributed by atoms with Crippen LogP contribution in [0.3, 0.4) is 0 Å². The van der Waals surface area contributed by atoms with Crippen LogP contribution in [0, 0.1) is 9.49 Å². The summed E-state index contributed by atoms with van der Waals surface area (Å²) >= 11 is 2.07. The van der Waals surface area contributed by atoms with Crippen LogP contribution in [0.15, 0.2) is 66.7 Å². The van der Waals surface area contributed by atoms with E-state index in [-0.39, 0.29) is 37.3 Å². The van der Waals surface area contributed by atoms with Crippen LogP contribution < -0.4 is 10.6 Å². The lowest BCUT2D eigenvalue weighted by Crippen LogP contribution is -2.29. The van der Waals surface area contributed by atoms with Crippen molar-refractivity contribution in [3.8, 4) is 11.1 Å². The highest BCUT2D eigenvalue weighted by molar-refractivity contribution is 14.1. The van der Waals surface area contributed by atoms with Gasteiger partial charge in [0.2, 0.25) is 0 Å². The van der Waals surface area contributed by atoms with E-state index in [1.54, 1.807) is 25.1 Å². The Kier molecular flexibility index (Phi) is 7.70. The molecule has 2 amide bonds. The van der Waals surface area contributed by atoms with E-state index >= 15 is 0 Å². The molecule has 0 aliphatic heterocycles. The third kappa shape index (κ3) is 6.00. The van der Waals surface area contributed by atoms with Crippen molar-refractivity contribution in [1.82, 2.24) is 5.32 Å². The second-order valence-electron chi connectivity index (χ2n) is 8.59. The van der Waals surface area contributed by atoms with Crippen molar-refractivity contribution in [3.05, 3.63) is 87.0 Å². The summed E-state index contributed by atoms with van der Waals surface area (Å²) in [7, 11) is 0. The second kappa shape index (κ2) is 10.9. The third-order valence-corrected chi connectivity index (χ3v) is 6.51. The first-order chi connectivity index (χ1) is 16.8. The lowest BCUT2D eigenvalue weighted by Gasteiger charge is -2.15. The number of hydrogen-bond donors (Lipinski definition) is 3. The Morgan fingerprint density at radius 3 is 2.26 bits per heavy atom. The molecule has 3 aromatic rings. The molecule has 1 unspecified atom stereocenters. The number of carboxylic acid groups (broad SMARTS) is 1. The van der Waals surface area contributed by atoms with Crippen molar-refractivity contribution in [2.75, 3.05) is 18.5 Å². The van der Waals surface area contributed by atoms with Crippen molar-refractivity contribution in [2.24, 2.45) is 5.92 Å². The zero-order valence-electron chi connectivity index (χ0n) is 19.1. The predicted octanol–water partition coefficient (Wildman–Crippen LogP) is 5.49. The molecule has 0 bridgehead atoms. The lowest BCUT2D eigenvalue weighted by atomic mass is 9.98. The van der Waals surface area contributed by atoms with Gasteiger partial charge in [-0.1, -0.05) is 55.5 Å². The number of ether oxygens (including phenoxy) is 1. The predicted molar refractivity (Wildman–Crippen MR) is 142 cm³/mol. The van der Waals surface area contributed by atoms with Gasteiger partial charge >= 0.3 is 12.1 Å². The number of carboxylic acids is 1. The molecule has 0 spiro atoms. The van der Waals surface area contributed by atoms with E-state index in [4.69, 9.17) is 9.84 Å². The maximum absolute atomic E-state index is 12.6. The fourth-order valence-corrected chi connectivity index (χ4v) is 4.96. The molecule has 8 heteroatoms. The summed E-state index contributed by atoms with van der Waals surface area (Å²) < 4.78 is 6.36. The van der Waals surface area contributed by atoms with E-state index in [0.29, 0.717) is 11.3 Å². The SMILES string of the molecule is CC(CNC(=O)c1cc(I)cc(NC(=O)OCC2c3ccccc3-c3ccccc32)c1)CC(=O)O. The number of benzene rings is 3. The highest BCUT2D eigenvalue weighted by Gasteiger charge is 2.29. The molecule has 35 heavy (non-hydrogen) atoms. The van der Waals surface area contributed by atoms with Gasteiger partial charge in [0.05, 0.1) is 0 Å². The number of halogens is 1. The quantitative estimate of drug-likeness (QED) is 0.304. The number of nitrogens with one attached hydrogen (secondary N) is 2. The van der Waals surface area contributed by atoms with Gasteiger partial charge in [-0.05, 0) is 69.0 Å². The van der Waals surface area contributed by atoms with Crippen LogP contribution in [0.25, 0.3) is 11.1 Å². The van der Waals surface area contributed by atoms with Gasteiger partial charge < -0.3 is 15.2 Å². The Bertz CT molecular complexity index is 1230. The molecular weight excluding hydrogens is 559 g/mol. The Hall–Kier alpha value is -3.40. The number of hydrogen-bond acceptors (Lipinski definition) is 4. The van der Waals surface area contributed by atoms with Crippen LogP contribution >= 0.6 is 22.6 Å². The van der Waals surface area contributed by atoms with Gasteiger partial charge in [-0.25, -0.2) is 4.79 Å². The molecule has 0 aromatic heterocycles. The van der Waals surface area contributed by atoms with E-state index in [0.717, 1.165) is 25.8 Å². The number of aliphatic carboxylic acids is 1. The average molecular weight is 584 g/mol. The van der Waals surface area contributed by atoms with E-state index in [1.165, 1.54) is 0 Å². The van der Waals surface area contributed by atoms with Crippen molar-refractivity contribution < 1.29 is 24.2 Å². The van der Waals surface area contributed by atoms with Crippen LogP contribution in [-0.2, 0) is 9.53 Å². The number of rotatable bonds is 8. The van der Waals surface area contributed by atoms with Crippen molar-refractivity contribution in [1.29, 1.82) is 0 Å². The van der Waals surface area contributed by atoms with Crippen LogP contribution in [0.1, 0.15) is 40.7 Å². The van der Waals surface area contributed by atoms with Gasteiger partial charge in [-0.2, -0.15) is 0 Å². The monoisotopic (exact) mass is 584 g/mol. The van der Waals surface area contributed by atoms with Crippen LogP contribution in [0.4, 0.5) is 10.5 Å². The van der Waals surface area contributed by atoms with E-state index in [9.17, 15) is 14.4 Å². The second-order valence-corrected chi connectivity index (χ2v) is 9.84. The molecule has 3 N–H and O–H groups in total. The molecule has 7 nitrogen and oxygen atoms in total. The number of fused-ring (bicyclic) bond motifs is 3. The molecule has 4 rings (SSSR count). The first-order valence-corrected chi connectivity index (χ1v) is 12.3. The number of carbonyl (C=O) groups is 3. The van der Waals surface area contributed by atoms with E-state index in [2.05, 4.69) is 57.5 Å². The number of amides is 2. The van der Waals surface area contributed by atoms with Gasteiger partial charge in [0, 0.05) is 33.7 Å². The highest BCUT2D eigenvalue weighted by atomic mass is 127. The molecule has 0 fully saturated rings. The highest BCUT2D eigenvalue weighted by Crippen LogP contribution is 2.44. The summed E-state index contributed by atoms with van der Waals surface area (Å²) in [5.41, 5.74) is 5.39. The van der Waals surface area contributed by atoms with Gasteiger partial charge in [-0.15, -0.1) is 0 Å². The van der Waals surface area contributed by atoms with Gasteiger partial charge in [0.15, 0.2) is 0 Å². The standard InChI is InChI=1S/C27H25IN2O5/c1-16(10-25(31)32)14-29-26(33)17-11-18(28)13-19(12-17)30-27(34)35-15-24-22-8-4-2-6-20(22)21-7-3-5-9-23(21)24/h2-9,11-13,16,24H,10,14-15H2,1H3,(H,29,33)(H,30,34)(H,31,32). The molecule has 1 atom stereocenters. The van der Waals surface area contributed by atoms with Crippen LogP contribution in [0.2, 0.25) is 0 Å². The minimum atomic E-state index is -0.907. The average Bonchev–Trinajstić information content (AvgIpc) is 3.14. The molecule has 1 aliphatic carbocycles. The van der Waals surface area contributed by atoms with E-state index < -0.39 is 12.1 Å². The maximum Gasteiger partial charge on any atom is 0.411 e. The Morgan fingerprint density at radius 1 is 1.00 bits per heavy atom. The molecule has 0 saturated carbocycles. The summed E-state index contributed by atoms with van der Waals surface area (Å²) in [6.07, 6.45) is -0.628. The molecular formula is C27H25IN2O5. The maximum atomic E-state index is 12.6. The zero-order chi connectivity index (χ0) is 24.9. The summed E-state index contributed by atoms with van der Waals surface area (Å²) in [5, 5.41) is 14.3. The Labute approximate surface area is 217 Å². The summed E-state index contributed by atoms with van der Waals surface area (Å²) in [5.74, 6) is -1.48. The molecule has 0 radical (unpaired) electrons. The normalized spacial score (nSPS) is 12.9. The first-order valence-electron chi connectivity index (χ1n) is 11.2. The van der Waals surface area contributed by atoms with Gasteiger partial charge in [0.1, 0.15) is 6.61 Å². The minimum Gasteiger partial charge on any atom is -0.481 e. The molecule has 180 valence electrons. The van der Waals surface area contributed by atoms with Crippen LogP contribution in [-0.4, -0.2) is 36.2 Å². The van der Waals surface area contributed by atoms with Crippen LogP contribution in [0.5, 0.6) is 0 Å². The van der Waals surface area contributed by atoms with Crippen molar-refractivity contribution in [2.45, 2.75) is 19.3 Å². The molecule has 0 heterocycles. The number of anilines is 1. The first kappa shape index (κ1) is 24.7. The smallest absolute Gasteiger partial charge is 0.411 e. The molecule has 1 aliphatic rings. The largest absolute Gasteiger partial charge is 0.481 e. The summed E-state index contributed by atoms with van der Waals surface area (Å²) in [6, 6.07) is 21.3. The minimum absolute atomic E-state index is 0.0266. The summed E-state index contributed by atoms with van der Waals surface area (Å²) in [4.78, 5) is 36.0. The molecule has 0 saturated heterocycles. The van der Waals surface area contributed by atoms with Gasteiger partial charge in [0.25, 0.3) is 5.91 Å². The Balaban J connectivity index is 1.39. The van der Waals surface area contributed by atoms with Crippen molar-refractivity contribution in [3.63, 3.8) is 0 Å². The lowest BCUT2D eigenvalue weighted by molar-refractivity contribution is -0.137. The Morgan fingerprint density at radius 2 is 1.63 bits per heavy atom. The topological polar surface area (TPSA) is 105 Å². The van der Waals surface area contributed by atoms with Gasteiger partial charge in [-0.3, -0.25) is 14.9 Å². The summed E-state index contributed by atoms with van der Waals surface area (Å²) in [6.45, 7) is 2.19. The zero-order valence-corrected chi connectivity index (χ0v) is 21.2. The van der Waals surface area contributed by atoms with E-state index in [1.807, 2.05) is 24.3 Å². The fourth-order valence-electron chi connectivity index (χ4n) is 4.28.